The summed E-state index contributed by atoms with van der Waals surface area (Å²) in [4.78, 5) is 4.29. The fraction of sp³-hybridized carbons (Fsp3) is 0.150. The summed E-state index contributed by atoms with van der Waals surface area (Å²) in [6.45, 7) is 0.327. The molecule has 2 aromatic carbocycles. The molecule has 0 spiro atoms. The lowest BCUT2D eigenvalue weighted by atomic mass is 10.1. The molecule has 1 aromatic heterocycles. The van der Waals surface area contributed by atoms with Crippen LogP contribution in [0.1, 0.15) is 23.0 Å². The van der Waals surface area contributed by atoms with Crippen molar-refractivity contribution in [2.24, 2.45) is 0 Å². The third-order valence-electron chi connectivity index (χ3n) is 3.91. The van der Waals surface area contributed by atoms with Gasteiger partial charge in [-0.05, 0) is 24.3 Å². The van der Waals surface area contributed by atoms with Crippen molar-refractivity contribution in [3.63, 3.8) is 0 Å². The maximum Gasteiger partial charge on any atom is 0.227 e. The van der Waals surface area contributed by atoms with Crippen LogP contribution in [0.2, 0.25) is 0 Å². The van der Waals surface area contributed by atoms with Crippen molar-refractivity contribution in [1.82, 2.24) is 4.98 Å². The van der Waals surface area contributed by atoms with E-state index in [2.05, 4.69) is 4.98 Å². The van der Waals surface area contributed by atoms with Crippen molar-refractivity contribution in [3.8, 4) is 5.75 Å². The fourth-order valence-electron chi connectivity index (χ4n) is 2.74. The van der Waals surface area contributed by atoms with Crippen LogP contribution >= 0.6 is 11.8 Å². The van der Waals surface area contributed by atoms with Gasteiger partial charge in [0.25, 0.3) is 0 Å². The van der Waals surface area contributed by atoms with Crippen LogP contribution in [0.3, 0.4) is 0 Å². The SMILES string of the molecule is Fc1cc2c(c(CSc3ccccn3)c1)OC(c1ccccc1)OC2. The molecule has 0 fully saturated rings. The highest BCUT2D eigenvalue weighted by Crippen LogP contribution is 2.38. The molecule has 0 radical (unpaired) electrons. The van der Waals surface area contributed by atoms with E-state index in [-0.39, 0.29) is 5.82 Å². The van der Waals surface area contributed by atoms with E-state index in [9.17, 15) is 4.39 Å². The number of aromatic nitrogens is 1. The van der Waals surface area contributed by atoms with Crippen molar-refractivity contribution in [2.45, 2.75) is 23.7 Å². The third kappa shape index (κ3) is 3.67. The number of thioether (sulfide) groups is 1. The Bertz CT molecular complexity index is 858. The topological polar surface area (TPSA) is 31.4 Å². The lowest BCUT2D eigenvalue weighted by Gasteiger charge is -2.28. The Morgan fingerprint density at radius 1 is 1.08 bits per heavy atom. The highest BCUT2D eigenvalue weighted by atomic mass is 32.2. The molecule has 0 N–H and O–H groups in total. The van der Waals surface area contributed by atoms with Gasteiger partial charge >= 0.3 is 0 Å². The Morgan fingerprint density at radius 2 is 1.92 bits per heavy atom. The molecule has 0 amide bonds. The van der Waals surface area contributed by atoms with Gasteiger partial charge in [0.1, 0.15) is 11.6 Å². The van der Waals surface area contributed by atoms with E-state index in [0.717, 1.165) is 21.7 Å². The van der Waals surface area contributed by atoms with Crippen molar-refractivity contribution >= 4 is 11.8 Å². The summed E-state index contributed by atoms with van der Waals surface area (Å²) >= 11 is 1.55. The number of hydrogen-bond acceptors (Lipinski definition) is 4. The second-order valence-corrected chi connectivity index (χ2v) is 6.68. The van der Waals surface area contributed by atoms with Crippen LogP contribution in [-0.4, -0.2) is 4.98 Å². The second-order valence-electron chi connectivity index (χ2n) is 5.68. The lowest BCUT2D eigenvalue weighted by molar-refractivity contribution is -0.112. The van der Waals surface area contributed by atoms with Gasteiger partial charge in [-0.2, -0.15) is 0 Å². The highest BCUT2D eigenvalue weighted by Gasteiger charge is 2.25. The monoisotopic (exact) mass is 353 g/mol. The van der Waals surface area contributed by atoms with Crippen LogP contribution in [-0.2, 0) is 17.1 Å². The van der Waals surface area contributed by atoms with Crippen molar-refractivity contribution in [1.29, 1.82) is 0 Å². The molecule has 1 unspecified atom stereocenters. The van der Waals surface area contributed by atoms with E-state index in [4.69, 9.17) is 9.47 Å². The molecule has 3 nitrogen and oxygen atoms in total. The Balaban J connectivity index is 1.59. The average molecular weight is 353 g/mol. The summed E-state index contributed by atoms with van der Waals surface area (Å²) in [5.74, 6) is 1.02. The van der Waals surface area contributed by atoms with Crippen LogP contribution in [0.5, 0.6) is 5.75 Å². The zero-order valence-corrected chi connectivity index (χ0v) is 14.2. The van der Waals surface area contributed by atoms with Gasteiger partial charge in [0.05, 0.1) is 11.6 Å². The molecule has 126 valence electrons. The average Bonchev–Trinajstić information content (AvgIpc) is 2.67. The predicted molar refractivity (Wildman–Crippen MR) is 94.8 cm³/mol. The summed E-state index contributed by atoms with van der Waals surface area (Å²) in [5.41, 5.74) is 2.50. The molecule has 0 bridgehead atoms. The van der Waals surface area contributed by atoms with E-state index in [1.807, 2.05) is 48.5 Å². The summed E-state index contributed by atoms with van der Waals surface area (Å²) in [6.07, 6.45) is 1.27. The Morgan fingerprint density at radius 3 is 2.72 bits per heavy atom. The van der Waals surface area contributed by atoms with Gasteiger partial charge in [-0.1, -0.05) is 36.4 Å². The zero-order valence-electron chi connectivity index (χ0n) is 13.4. The van der Waals surface area contributed by atoms with Gasteiger partial charge in [0.15, 0.2) is 0 Å². The molecule has 1 aliphatic rings. The molecule has 5 heteroatoms. The first-order valence-electron chi connectivity index (χ1n) is 7.98. The van der Waals surface area contributed by atoms with Crippen molar-refractivity contribution in [2.75, 3.05) is 0 Å². The van der Waals surface area contributed by atoms with Crippen molar-refractivity contribution in [3.05, 3.63) is 89.4 Å². The van der Waals surface area contributed by atoms with Gasteiger partial charge in [-0.3, -0.25) is 0 Å². The maximum atomic E-state index is 14.0. The fourth-order valence-corrected chi connectivity index (χ4v) is 3.57. The molecule has 25 heavy (non-hydrogen) atoms. The van der Waals surface area contributed by atoms with E-state index < -0.39 is 6.29 Å². The Hall–Kier alpha value is -2.37. The lowest BCUT2D eigenvalue weighted by Crippen LogP contribution is -2.19. The molecule has 1 aliphatic heterocycles. The standard InChI is InChI=1S/C20H16FNO2S/c21-17-10-15-12-23-20(14-6-2-1-3-7-14)24-19(15)16(11-17)13-25-18-8-4-5-9-22-18/h1-11,20H,12-13H2. The molecule has 0 saturated carbocycles. The number of hydrogen-bond donors (Lipinski definition) is 0. The maximum absolute atomic E-state index is 14.0. The summed E-state index contributed by atoms with van der Waals surface area (Å²) in [5, 5.41) is 0.896. The van der Waals surface area contributed by atoms with Crippen LogP contribution < -0.4 is 4.74 Å². The Kier molecular flexibility index (Phi) is 4.68. The second kappa shape index (κ2) is 7.25. The van der Waals surface area contributed by atoms with Gasteiger partial charge < -0.3 is 9.47 Å². The molecular weight excluding hydrogens is 337 g/mol. The number of fused-ring (bicyclic) bond motifs is 1. The molecule has 4 rings (SSSR count). The first-order valence-corrected chi connectivity index (χ1v) is 8.96. The smallest absolute Gasteiger partial charge is 0.227 e. The van der Waals surface area contributed by atoms with Gasteiger partial charge in [0.2, 0.25) is 6.29 Å². The van der Waals surface area contributed by atoms with Crippen LogP contribution in [0, 0.1) is 5.82 Å². The van der Waals surface area contributed by atoms with Crippen LogP contribution in [0.4, 0.5) is 4.39 Å². The molecule has 0 saturated heterocycles. The minimum absolute atomic E-state index is 0.277. The molecule has 2 heterocycles. The number of rotatable bonds is 4. The number of ether oxygens (including phenoxy) is 2. The van der Waals surface area contributed by atoms with E-state index in [0.29, 0.717) is 18.1 Å². The number of pyridine rings is 1. The predicted octanol–water partition coefficient (Wildman–Crippen LogP) is 5.12. The van der Waals surface area contributed by atoms with E-state index >= 15 is 0 Å². The normalized spacial score (nSPS) is 16.1. The van der Waals surface area contributed by atoms with Gasteiger partial charge in [0, 0.05) is 28.6 Å². The van der Waals surface area contributed by atoms with Crippen molar-refractivity contribution < 1.29 is 13.9 Å². The first-order chi connectivity index (χ1) is 12.3. The largest absolute Gasteiger partial charge is 0.460 e. The quantitative estimate of drug-likeness (QED) is 0.609. The Labute approximate surface area is 149 Å². The first kappa shape index (κ1) is 16.1. The number of benzene rings is 2. The molecule has 3 aromatic rings. The molecular formula is C20H16FNO2S. The van der Waals surface area contributed by atoms with E-state index in [1.54, 1.807) is 18.0 Å². The summed E-state index contributed by atoms with van der Waals surface area (Å²) in [6, 6.07) is 18.5. The minimum atomic E-state index is -0.474. The zero-order chi connectivity index (χ0) is 17.1. The minimum Gasteiger partial charge on any atom is -0.460 e. The van der Waals surface area contributed by atoms with Crippen LogP contribution in [0.25, 0.3) is 0 Å². The summed E-state index contributed by atoms with van der Waals surface area (Å²) in [7, 11) is 0. The summed E-state index contributed by atoms with van der Waals surface area (Å²) < 4.78 is 25.8. The molecule has 0 aliphatic carbocycles. The van der Waals surface area contributed by atoms with Gasteiger partial charge in [-0.15, -0.1) is 11.8 Å². The third-order valence-corrected chi connectivity index (χ3v) is 4.90. The van der Waals surface area contributed by atoms with E-state index in [1.165, 1.54) is 12.1 Å². The van der Waals surface area contributed by atoms with Crippen LogP contribution in [0.15, 0.2) is 71.9 Å². The highest BCUT2D eigenvalue weighted by molar-refractivity contribution is 7.98. The number of halogens is 1. The van der Waals surface area contributed by atoms with Gasteiger partial charge in [-0.25, -0.2) is 9.37 Å². The number of nitrogens with zero attached hydrogens (tertiary/aromatic N) is 1. The molecule has 1 atom stereocenters.